The highest BCUT2D eigenvalue weighted by atomic mass is 14.9. The third-order valence-electron chi connectivity index (χ3n) is 2.24. The van der Waals surface area contributed by atoms with Crippen molar-refractivity contribution in [2.24, 2.45) is 5.92 Å². The van der Waals surface area contributed by atoms with Gasteiger partial charge in [0.15, 0.2) is 0 Å². The van der Waals surface area contributed by atoms with Crippen molar-refractivity contribution >= 4 is 0 Å². The van der Waals surface area contributed by atoms with E-state index in [0.717, 1.165) is 12.5 Å². The van der Waals surface area contributed by atoms with E-state index < -0.39 is 0 Å². The van der Waals surface area contributed by atoms with Gasteiger partial charge in [0, 0.05) is 6.04 Å². The second-order valence-corrected chi connectivity index (χ2v) is 3.48. The minimum absolute atomic E-state index is 0.505. The molecule has 0 amide bonds. The van der Waals surface area contributed by atoms with Crippen LogP contribution in [0.25, 0.3) is 0 Å². The van der Waals surface area contributed by atoms with Gasteiger partial charge in [-0.25, -0.2) is 0 Å². The summed E-state index contributed by atoms with van der Waals surface area (Å²) in [7, 11) is 0. The van der Waals surface area contributed by atoms with E-state index in [4.69, 9.17) is 0 Å². The van der Waals surface area contributed by atoms with Crippen molar-refractivity contribution in [3.05, 3.63) is 12.7 Å². The topological polar surface area (TPSA) is 12.0 Å². The molecule has 2 atom stereocenters. The van der Waals surface area contributed by atoms with E-state index in [-0.39, 0.29) is 0 Å². The van der Waals surface area contributed by atoms with Crippen LogP contribution in [0.2, 0.25) is 0 Å². The fourth-order valence-electron chi connectivity index (χ4n) is 1.46. The zero-order chi connectivity index (χ0) is 9.40. The zero-order valence-electron chi connectivity index (χ0n) is 8.77. The summed E-state index contributed by atoms with van der Waals surface area (Å²) in [5, 5.41) is 3.49. The molecule has 0 spiro atoms. The highest BCUT2D eigenvalue weighted by Crippen LogP contribution is 2.11. The van der Waals surface area contributed by atoms with Crippen LogP contribution in [0.15, 0.2) is 12.7 Å². The maximum absolute atomic E-state index is 3.85. The Hall–Kier alpha value is -0.300. The Bertz CT molecular complexity index is 110. The van der Waals surface area contributed by atoms with Crippen molar-refractivity contribution in [1.82, 2.24) is 5.32 Å². The molecule has 0 bridgehead atoms. The molecule has 1 nitrogen and oxygen atoms in total. The van der Waals surface area contributed by atoms with Crippen LogP contribution in [-0.4, -0.2) is 12.6 Å². The summed E-state index contributed by atoms with van der Waals surface area (Å²) in [6, 6.07) is 0.505. The molecule has 1 N–H and O–H groups in total. The van der Waals surface area contributed by atoms with Gasteiger partial charge in [-0.15, -0.1) is 6.58 Å². The molecule has 0 saturated heterocycles. The van der Waals surface area contributed by atoms with Crippen LogP contribution in [0.1, 0.15) is 40.0 Å². The van der Waals surface area contributed by atoms with Gasteiger partial charge < -0.3 is 5.32 Å². The molecule has 0 rings (SSSR count). The van der Waals surface area contributed by atoms with Gasteiger partial charge >= 0.3 is 0 Å². The maximum Gasteiger partial charge on any atom is 0.0273 e. The van der Waals surface area contributed by atoms with Crippen molar-refractivity contribution in [2.45, 2.75) is 46.1 Å². The van der Waals surface area contributed by atoms with Crippen molar-refractivity contribution < 1.29 is 0 Å². The molecule has 0 saturated carbocycles. The van der Waals surface area contributed by atoms with E-state index in [1.165, 1.54) is 19.3 Å². The molecule has 0 aliphatic carbocycles. The van der Waals surface area contributed by atoms with E-state index in [0.29, 0.717) is 6.04 Å². The van der Waals surface area contributed by atoms with Crippen LogP contribution in [0.3, 0.4) is 0 Å². The predicted octanol–water partition coefficient (Wildman–Crippen LogP) is 2.98. The fraction of sp³-hybridized carbons (Fsp3) is 0.818. The summed E-state index contributed by atoms with van der Waals surface area (Å²) in [6.45, 7) is 11.7. The number of rotatable bonds is 7. The fourth-order valence-corrected chi connectivity index (χ4v) is 1.46. The predicted molar refractivity (Wildman–Crippen MR) is 56.4 cm³/mol. The quantitative estimate of drug-likeness (QED) is 0.578. The minimum Gasteiger partial charge on any atom is -0.310 e. The summed E-state index contributed by atoms with van der Waals surface area (Å²) in [6.07, 6.45) is 5.78. The van der Waals surface area contributed by atoms with Crippen molar-refractivity contribution in [3.8, 4) is 0 Å². The van der Waals surface area contributed by atoms with Crippen molar-refractivity contribution in [3.63, 3.8) is 0 Å². The standard InChI is InChI=1S/C11H23N/c1-5-8-10(4)11(7-3)12-9-6-2/h7,10-12H,3,5-6,8-9H2,1-2,4H3. The van der Waals surface area contributed by atoms with Crippen LogP contribution in [-0.2, 0) is 0 Å². The molecular formula is C11H23N. The van der Waals surface area contributed by atoms with Gasteiger partial charge in [-0.2, -0.15) is 0 Å². The first-order valence-electron chi connectivity index (χ1n) is 5.12. The Morgan fingerprint density at radius 3 is 2.42 bits per heavy atom. The Balaban J connectivity index is 3.70. The van der Waals surface area contributed by atoms with Crippen LogP contribution in [0.5, 0.6) is 0 Å². The first-order valence-corrected chi connectivity index (χ1v) is 5.12. The highest BCUT2D eigenvalue weighted by molar-refractivity contribution is 4.88. The second-order valence-electron chi connectivity index (χ2n) is 3.48. The average Bonchev–Trinajstić information content (AvgIpc) is 2.06. The molecule has 1 heteroatoms. The SMILES string of the molecule is C=CC(NCCC)C(C)CCC. The summed E-state index contributed by atoms with van der Waals surface area (Å²) >= 11 is 0. The summed E-state index contributed by atoms with van der Waals surface area (Å²) in [5.74, 6) is 0.721. The Morgan fingerprint density at radius 1 is 1.33 bits per heavy atom. The zero-order valence-corrected chi connectivity index (χ0v) is 8.77. The van der Waals surface area contributed by atoms with E-state index in [9.17, 15) is 0 Å². The highest BCUT2D eigenvalue weighted by Gasteiger charge is 2.10. The van der Waals surface area contributed by atoms with Gasteiger partial charge in [-0.05, 0) is 25.3 Å². The molecule has 2 unspecified atom stereocenters. The Morgan fingerprint density at radius 2 is 2.00 bits per heavy atom. The van der Waals surface area contributed by atoms with E-state index in [1.807, 2.05) is 6.08 Å². The number of hydrogen-bond acceptors (Lipinski definition) is 1. The Kier molecular flexibility index (Phi) is 7.17. The molecule has 12 heavy (non-hydrogen) atoms. The molecule has 0 aromatic carbocycles. The van der Waals surface area contributed by atoms with Gasteiger partial charge in [0.05, 0.1) is 0 Å². The van der Waals surface area contributed by atoms with Crippen molar-refractivity contribution in [1.29, 1.82) is 0 Å². The lowest BCUT2D eigenvalue weighted by Gasteiger charge is -2.21. The largest absolute Gasteiger partial charge is 0.310 e. The molecule has 72 valence electrons. The first kappa shape index (κ1) is 11.7. The smallest absolute Gasteiger partial charge is 0.0273 e. The molecule has 0 aliphatic heterocycles. The maximum atomic E-state index is 3.85. The normalized spacial score (nSPS) is 15.6. The number of hydrogen-bond donors (Lipinski definition) is 1. The molecule has 0 aromatic rings. The lowest BCUT2D eigenvalue weighted by molar-refractivity contribution is 0.407. The van der Waals surface area contributed by atoms with E-state index >= 15 is 0 Å². The lowest BCUT2D eigenvalue weighted by Crippen LogP contribution is -2.33. The van der Waals surface area contributed by atoms with Crippen LogP contribution in [0, 0.1) is 5.92 Å². The summed E-state index contributed by atoms with van der Waals surface area (Å²) in [5.41, 5.74) is 0. The van der Waals surface area contributed by atoms with Crippen LogP contribution in [0.4, 0.5) is 0 Å². The van der Waals surface area contributed by atoms with E-state index in [1.54, 1.807) is 0 Å². The summed E-state index contributed by atoms with van der Waals surface area (Å²) < 4.78 is 0. The second kappa shape index (κ2) is 7.35. The van der Waals surface area contributed by atoms with Gasteiger partial charge in [0.25, 0.3) is 0 Å². The third-order valence-corrected chi connectivity index (χ3v) is 2.24. The van der Waals surface area contributed by atoms with Crippen molar-refractivity contribution in [2.75, 3.05) is 6.54 Å². The van der Waals surface area contributed by atoms with Crippen LogP contribution < -0.4 is 5.32 Å². The lowest BCUT2D eigenvalue weighted by atomic mass is 9.97. The molecular weight excluding hydrogens is 146 g/mol. The third kappa shape index (κ3) is 4.55. The van der Waals surface area contributed by atoms with Crippen LogP contribution >= 0.6 is 0 Å². The Labute approximate surface area is 77.2 Å². The monoisotopic (exact) mass is 169 g/mol. The van der Waals surface area contributed by atoms with Gasteiger partial charge in [-0.3, -0.25) is 0 Å². The molecule has 0 aromatic heterocycles. The van der Waals surface area contributed by atoms with Gasteiger partial charge in [0.1, 0.15) is 0 Å². The van der Waals surface area contributed by atoms with E-state index in [2.05, 4.69) is 32.7 Å². The molecule has 0 radical (unpaired) electrons. The number of nitrogens with one attached hydrogen (secondary N) is 1. The average molecular weight is 169 g/mol. The first-order chi connectivity index (χ1) is 5.76. The molecule has 0 heterocycles. The summed E-state index contributed by atoms with van der Waals surface area (Å²) in [4.78, 5) is 0. The van der Waals surface area contributed by atoms with Gasteiger partial charge in [-0.1, -0.05) is 33.3 Å². The van der Waals surface area contributed by atoms with Gasteiger partial charge in [0.2, 0.25) is 0 Å². The minimum atomic E-state index is 0.505. The molecule has 0 aliphatic rings. The molecule has 0 fully saturated rings.